The van der Waals surface area contributed by atoms with E-state index in [0.29, 0.717) is 16.5 Å². The van der Waals surface area contributed by atoms with Crippen molar-refractivity contribution in [2.24, 2.45) is 18.0 Å². The van der Waals surface area contributed by atoms with Crippen LogP contribution in [0.4, 0.5) is 0 Å². The van der Waals surface area contributed by atoms with E-state index in [1.54, 1.807) is 57.5 Å². The van der Waals surface area contributed by atoms with Gasteiger partial charge in [-0.05, 0) is 29.8 Å². The van der Waals surface area contributed by atoms with Crippen molar-refractivity contribution in [3.63, 3.8) is 0 Å². The molecular weight excluding hydrogens is 488 g/mol. The van der Waals surface area contributed by atoms with Gasteiger partial charge in [0.1, 0.15) is 11.5 Å². The van der Waals surface area contributed by atoms with E-state index in [2.05, 4.69) is 4.99 Å². The molecule has 1 atom stereocenters. The van der Waals surface area contributed by atoms with Crippen molar-refractivity contribution in [2.45, 2.75) is 26.6 Å². The van der Waals surface area contributed by atoms with Crippen LogP contribution in [-0.4, -0.2) is 41.0 Å². The van der Waals surface area contributed by atoms with Crippen molar-refractivity contribution in [3.05, 3.63) is 85.2 Å². The zero-order valence-corrected chi connectivity index (χ0v) is 21.6. The third-order valence-electron chi connectivity index (χ3n) is 5.72. The molecule has 0 unspecified atom stereocenters. The van der Waals surface area contributed by atoms with E-state index in [1.165, 1.54) is 23.3 Å². The Hall–Kier alpha value is -3.79. The number of hydrogen-bond acceptors (Lipinski definition) is 7. The Bertz CT molecular complexity index is 1420. The van der Waals surface area contributed by atoms with E-state index in [-0.39, 0.29) is 25.3 Å². The Balaban J connectivity index is 2.17. The summed E-state index contributed by atoms with van der Waals surface area (Å²) in [6.07, 6.45) is 0. The van der Waals surface area contributed by atoms with E-state index >= 15 is 0 Å². The van der Waals surface area contributed by atoms with Gasteiger partial charge in [-0.3, -0.25) is 13.9 Å². The fourth-order valence-electron chi connectivity index (χ4n) is 3.71. The van der Waals surface area contributed by atoms with Crippen LogP contribution in [0.25, 0.3) is 0 Å². The number of hydrogen-bond donors (Lipinski definition) is 0. The lowest BCUT2D eigenvalue weighted by atomic mass is 10.2. The van der Waals surface area contributed by atoms with Crippen molar-refractivity contribution < 1.29 is 19.0 Å². The number of rotatable bonds is 9. The van der Waals surface area contributed by atoms with Crippen LogP contribution >= 0.6 is 11.6 Å². The average Bonchev–Trinajstić information content (AvgIpc) is 2.89. The lowest BCUT2D eigenvalue weighted by Gasteiger charge is -2.16. The maximum absolute atomic E-state index is 13.5. The van der Waals surface area contributed by atoms with Crippen LogP contribution in [0.1, 0.15) is 18.1 Å². The molecule has 3 aromatic rings. The number of benzene rings is 2. The molecule has 0 radical (unpaired) electrons. The molecule has 0 aliphatic heterocycles. The van der Waals surface area contributed by atoms with Crippen LogP contribution < -0.4 is 26.5 Å². The van der Waals surface area contributed by atoms with E-state index < -0.39 is 23.3 Å². The molecule has 10 nitrogen and oxygen atoms in total. The average molecular weight is 517 g/mol. The van der Waals surface area contributed by atoms with Crippen LogP contribution in [0.3, 0.4) is 0 Å². The number of methoxy groups -OCH3 is 3. The zero-order chi connectivity index (χ0) is 26.4. The molecule has 1 heterocycles. The summed E-state index contributed by atoms with van der Waals surface area (Å²) in [5.74, 6) is -0.0278. The van der Waals surface area contributed by atoms with Gasteiger partial charge in [0, 0.05) is 30.2 Å². The van der Waals surface area contributed by atoms with Crippen LogP contribution in [0.5, 0.6) is 11.5 Å². The SMILES string of the molecule is COC(=O)[C@@H](C)Cn1c(=O)n(C)c(=NCc2ccc(OC)cc2OC)n(Cc2ccc(Cl)cc2)c1=O. The molecule has 0 saturated heterocycles. The van der Waals surface area contributed by atoms with Gasteiger partial charge in [0.25, 0.3) is 0 Å². The quantitative estimate of drug-likeness (QED) is 0.403. The second-order valence-electron chi connectivity index (χ2n) is 8.17. The largest absolute Gasteiger partial charge is 0.497 e. The minimum absolute atomic E-state index is 0.134. The Kier molecular flexibility index (Phi) is 8.76. The lowest BCUT2D eigenvalue weighted by Crippen LogP contribution is -2.55. The molecule has 0 saturated carbocycles. The van der Waals surface area contributed by atoms with Crippen LogP contribution in [-0.2, 0) is 36.2 Å². The van der Waals surface area contributed by atoms with Crippen molar-refractivity contribution >= 4 is 17.6 Å². The standard InChI is InChI=1S/C25H29ClN4O6/c1-16(22(31)36-5)14-30-24(32)28(2)23(27-13-18-8-11-20(34-3)12-21(18)35-4)29(25(30)33)15-17-6-9-19(26)10-7-17/h6-12,16H,13-15H2,1-5H3/t16-/m0/s1. The van der Waals surface area contributed by atoms with Crippen molar-refractivity contribution in [1.82, 2.24) is 13.7 Å². The molecule has 0 amide bonds. The first-order valence-corrected chi connectivity index (χ1v) is 11.5. The number of carbonyl (C=O) groups excluding carboxylic acids is 1. The third-order valence-corrected chi connectivity index (χ3v) is 5.97. The van der Waals surface area contributed by atoms with Crippen molar-refractivity contribution in [1.29, 1.82) is 0 Å². The highest BCUT2D eigenvalue weighted by atomic mass is 35.5. The fraction of sp³-hybridized carbons (Fsp3) is 0.360. The van der Waals surface area contributed by atoms with Crippen LogP contribution in [0.15, 0.2) is 57.0 Å². The van der Waals surface area contributed by atoms with Crippen LogP contribution in [0.2, 0.25) is 5.02 Å². The third kappa shape index (κ3) is 5.88. The number of esters is 1. The number of nitrogens with zero attached hydrogens (tertiary/aromatic N) is 4. The maximum atomic E-state index is 13.5. The molecule has 1 aromatic heterocycles. The second kappa shape index (κ2) is 11.8. The molecule has 11 heteroatoms. The molecular formula is C25H29ClN4O6. The minimum Gasteiger partial charge on any atom is -0.497 e. The minimum atomic E-state index is -0.698. The summed E-state index contributed by atoms with van der Waals surface area (Å²) in [6, 6.07) is 12.3. The summed E-state index contributed by atoms with van der Waals surface area (Å²) in [4.78, 5) is 43.3. The molecule has 0 N–H and O–H groups in total. The summed E-state index contributed by atoms with van der Waals surface area (Å²) >= 11 is 6.02. The monoisotopic (exact) mass is 516 g/mol. The molecule has 192 valence electrons. The first-order chi connectivity index (χ1) is 17.2. The summed E-state index contributed by atoms with van der Waals surface area (Å²) in [6.45, 7) is 1.74. The first-order valence-electron chi connectivity index (χ1n) is 11.1. The number of aromatic nitrogens is 3. The molecule has 3 rings (SSSR count). The van der Waals surface area contributed by atoms with Gasteiger partial charge in [-0.1, -0.05) is 30.7 Å². The van der Waals surface area contributed by atoms with Crippen molar-refractivity contribution in [2.75, 3.05) is 21.3 Å². The van der Waals surface area contributed by atoms with E-state index in [4.69, 9.17) is 25.8 Å². The predicted octanol–water partition coefficient (Wildman–Crippen LogP) is 1.98. The molecule has 2 aromatic carbocycles. The van der Waals surface area contributed by atoms with Gasteiger partial charge < -0.3 is 14.2 Å². The molecule has 0 fully saturated rings. The van der Waals surface area contributed by atoms with Gasteiger partial charge in [-0.15, -0.1) is 0 Å². The second-order valence-corrected chi connectivity index (χ2v) is 8.60. The summed E-state index contributed by atoms with van der Waals surface area (Å²) in [5.41, 5.74) is 0.506. The number of ether oxygens (including phenoxy) is 3. The normalized spacial score (nSPS) is 12.3. The predicted molar refractivity (Wildman–Crippen MR) is 134 cm³/mol. The number of halogens is 1. The van der Waals surface area contributed by atoms with E-state index in [1.807, 2.05) is 6.07 Å². The van der Waals surface area contributed by atoms with Gasteiger partial charge in [-0.2, -0.15) is 0 Å². The van der Waals surface area contributed by atoms with Gasteiger partial charge in [0.05, 0.1) is 40.3 Å². The Morgan fingerprint density at radius 1 is 1.00 bits per heavy atom. The number of carbonyl (C=O) groups is 1. The highest BCUT2D eigenvalue weighted by Gasteiger charge is 2.19. The van der Waals surface area contributed by atoms with E-state index in [0.717, 1.165) is 15.7 Å². The topological polar surface area (TPSA) is 106 Å². The molecule has 36 heavy (non-hydrogen) atoms. The van der Waals surface area contributed by atoms with Crippen LogP contribution in [0, 0.1) is 5.92 Å². The Morgan fingerprint density at radius 2 is 1.69 bits per heavy atom. The summed E-state index contributed by atoms with van der Waals surface area (Å²) < 4.78 is 19.2. The van der Waals surface area contributed by atoms with E-state index in [9.17, 15) is 14.4 Å². The van der Waals surface area contributed by atoms with Gasteiger partial charge in [0.2, 0.25) is 5.62 Å². The molecule has 0 aliphatic rings. The maximum Gasteiger partial charge on any atom is 0.335 e. The van der Waals surface area contributed by atoms with Gasteiger partial charge >= 0.3 is 17.3 Å². The van der Waals surface area contributed by atoms with Gasteiger partial charge in [0.15, 0.2) is 0 Å². The lowest BCUT2D eigenvalue weighted by molar-refractivity contribution is -0.145. The first kappa shape index (κ1) is 26.8. The fourth-order valence-corrected chi connectivity index (χ4v) is 3.83. The Labute approximate surface area is 213 Å². The zero-order valence-electron chi connectivity index (χ0n) is 20.9. The Morgan fingerprint density at radius 3 is 2.31 bits per heavy atom. The van der Waals surface area contributed by atoms with Gasteiger partial charge in [-0.25, -0.2) is 19.1 Å². The molecule has 0 aliphatic carbocycles. The molecule has 0 spiro atoms. The smallest absolute Gasteiger partial charge is 0.335 e. The molecule has 0 bridgehead atoms. The summed E-state index contributed by atoms with van der Waals surface area (Å²) in [7, 11) is 5.89. The van der Waals surface area contributed by atoms with Crippen molar-refractivity contribution in [3.8, 4) is 11.5 Å². The highest BCUT2D eigenvalue weighted by Crippen LogP contribution is 2.24. The summed E-state index contributed by atoms with van der Waals surface area (Å²) in [5, 5.41) is 0.560. The highest BCUT2D eigenvalue weighted by molar-refractivity contribution is 6.30.